The molecule has 0 atom stereocenters. The molecule has 164 valence electrons. The Morgan fingerprint density at radius 2 is 1.78 bits per heavy atom. The summed E-state index contributed by atoms with van der Waals surface area (Å²) in [7, 11) is 3.02. The molecule has 4 nitrogen and oxygen atoms in total. The van der Waals surface area contributed by atoms with Crippen LogP contribution in [0.15, 0.2) is 71.4 Å². The predicted molar refractivity (Wildman–Crippen MR) is 119 cm³/mol. The Bertz CT molecular complexity index is 1240. The van der Waals surface area contributed by atoms with Gasteiger partial charge in [0.1, 0.15) is 23.1 Å². The van der Waals surface area contributed by atoms with E-state index in [0.29, 0.717) is 34.9 Å². The molecule has 7 heteroatoms. The van der Waals surface area contributed by atoms with Crippen LogP contribution in [0, 0.1) is 17.5 Å². The summed E-state index contributed by atoms with van der Waals surface area (Å²) in [4.78, 5) is 5.36. The summed E-state index contributed by atoms with van der Waals surface area (Å²) in [5, 5.41) is 0. The number of halogens is 3. The van der Waals surface area contributed by atoms with Crippen molar-refractivity contribution in [1.29, 1.82) is 0 Å². The Hall–Kier alpha value is -3.74. The number of ether oxygens (including phenoxy) is 2. The molecule has 0 saturated heterocycles. The summed E-state index contributed by atoms with van der Waals surface area (Å²) in [5.41, 5.74) is 2.27. The molecule has 0 bridgehead atoms. The molecule has 0 spiro atoms. The molecule has 3 aromatic rings. The molecule has 0 amide bonds. The lowest BCUT2D eigenvalue weighted by atomic mass is 10.0. The van der Waals surface area contributed by atoms with E-state index in [9.17, 15) is 8.78 Å². The highest BCUT2D eigenvalue weighted by atomic mass is 19.1. The predicted octanol–water partition coefficient (Wildman–Crippen LogP) is 6.63. The summed E-state index contributed by atoms with van der Waals surface area (Å²) in [6.45, 7) is 1.93. The van der Waals surface area contributed by atoms with E-state index in [1.807, 2.05) is 6.92 Å². The van der Waals surface area contributed by atoms with E-state index in [4.69, 9.17) is 9.47 Å². The SMILES string of the molecule is CCC1=CN=C1Oc1ccc(F)c(N(C)c2cc(OC)cc(-c3cccc(F)c3)c2)c1F. The van der Waals surface area contributed by atoms with Gasteiger partial charge < -0.3 is 14.4 Å². The molecular weight excluding hydrogens is 417 g/mol. The molecule has 0 aliphatic carbocycles. The summed E-state index contributed by atoms with van der Waals surface area (Å²) < 4.78 is 54.7. The van der Waals surface area contributed by atoms with Crippen LogP contribution in [-0.4, -0.2) is 20.1 Å². The Labute approximate surface area is 184 Å². The third-order valence-corrected chi connectivity index (χ3v) is 5.24. The standard InChI is InChI=1S/C25H21F3N2O2/c1-4-15-14-29-25(15)32-22-9-8-21(27)24(23(22)28)30(2)19-11-17(12-20(13-19)31-3)16-6-5-7-18(26)10-16/h5-14H,4H2,1-3H3. The molecule has 4 rings (SSSR count). The minimum Gasteiger partial charge on any atom is -0.497 e. The normalized spacial score (nSPS) is 12.6. The number of anilines is 2. The van der Waals surface area contributed by atoms with Crippen LogP contribution in [0.25, 0.3) is 11.1 Å². The van der Waals surface area contributed by atoms with Gasteiger partial charge in [0.2, 0.25) is 5.90 Å². The van der Waals surface area contributed by atoms with Crippen LogP contribution >= 0.6 is 0 Å². The molecule has 0 unspecified atom stereocenters. The van der Waals surface area contributed by atoms with Crippen LogP contribution in [0.1, 0.15) is 13.3 Å². The third-order valence-electron chi connectivity index (χ3n) is 5.24. The molecular formula is C25H21F3N2O2. The first-order chi connectivity index (χ1) is 15.4. The second-order valence-corrected chi connectivity index (χ2v) is 7.24. The smallest absolute Gasteiger partial charge is 0.224 e. The fraction of sp³-hybridized carbons (Fsp3) is 0.160. The summed E-state index contributed by atoms with van der Waals surface area (Å²) in [5.74, 6) is -1.34. The first kappa shape index (κ1) is 21.5. The monoisotopic (exact) mass is 438 g/mol. The van der Waals surface area contributed by atoms with E-state index in [-0.39, 0.29) is 17.3 Å². The van der Waals surface area contributed by atoms with Crippen LogP contribution in [-0.2, 0) is 0 Å². The van der Waals surface area contributed by atoms with Crippen molar-refractivity contribution in [3.8, 4) is 22.6 Å². The van der Waals surface area contributed by atoms with Crippen molar-refractivity contribution in [3.63, 3.8) is 0 Å². The average Bonchev–Trinajstić information content (AvgIpc) is 2.77. The summed E-state index contributed by atoms with van der Waals surface area (Å²) >= 11 is 0. The van der Waals surface area contributed by atoms with E-state index in [0.717, 1.165) is 11.6 Å². The highest BCUT2D eigenvalue weighted by molar-refractivity contribution is 5.99. The molecule has 3 aromatic carbocycles. The molecule has 0 fully saturated rings. The fourth-order valence-corrected chi connectivity index (χ4v) is 3.41. The quantitative estimate of drug-likeness (QED) is 0.433. The van der Waals surface area contributed by atoms with Crippen molar-refractivity contribution < 1.29 is 22.6 Å². The fourth-order valence-electron chi connectivity index (χ4n) is 3.41. The van der Waals surface area contributed by atoms with Crippen molar-refractivity contribution in [1.82, 2.24) is 0 Å². The van der Waals surface area contributed by atoms with Gasteiger partial charge in [-0.3, -0.25) is 0 Å². The maximum atomic E-state index is 15.3. The Morgan fingerprint density at radius 3 is 2.44 bits per heavy atom. The molecule has 0 radical (unpaired) electrons. The number of hydrogen-bond acceptors (Lipinski definition) is 4. The second kappa shape index (κ2) is 8.78. The van der Waals surface area contributed by atoms with Gasteiger partial charge in [-0.15, -0.1) is 0 Å². The van der Waals surface area contributed by atoms with Crippen molar-refractivity contribution in [2.45, 2.75) is 13.3 Å². The van der Waals surface area contributed by atoms with Crippen LogP contribution in [0.2, 0.25) is 0 Å². The maximum absolute atomic E-state index is 15.3. The van der Waals surface area contributed by atoms with E-state index < -0.39 is 11.6 Å². The summed E-state index contributed by atoms with van der Waals surface area (Å²) in [6.07, 6.45) is 2.34. The van der Waals surface area contributed by atoms with Gasteiger partial charge in [0.05, 0.1) is 7.11 Å². The van der Waals surface area contributed by atoms with Crippen LogP contribution in [0.5, 0.6) is 11.5 Å². The van der Waals surface area contributed by atoms with Gasteiger partial charge in [0.15, 0.2) is 11.6 Å². The Balaban J connectivity index is 1.73. The Kier molecular flexibility index (Phi) is 5.90. The molecule has 0 N–H and O–H groups in total. The van der Waals surface area contributed by atoms with Gasteiger partial charge in [-0.25, -0.2) is 18.2 Å². The number of hydrogen-bond donors (Lipinski definition) is 0. The number of methoxy groups -OCH3 is 1. The molecule has 1 aliphatic heterocycles. The molecule has 1 heterocycles. The van der Waals surface area contributed by atoms with Crippen LogP contribution in [0.4, 0.5) is 24.5 Å². The third kappa shape index (κ3) is 4.06. The van der Waals surface area contributed by atoms with Gasteiger partial charge in [-0.2, -0.15) is 0 Å². The first-order valence-electron chi connectivity index (χ1n) is 10.0. The zero-order valence-electron chi connectivity index (χ0n) is 17.8. The van der Waals surface area contributed by atoms with Crippen molar-refractivity contribution in [2.75, 3.05) is 19.1 Å². The zero-order chi connectivity index (χ0) is 22.8. The molecule has 32 heavy (non-hydrogen) atoms. The van der Waals surface area contributed by atoms with Gasteiger partial charge in [-0.05, 0) is 53.9 Å². The topological polar surface area (TPSA) is 34.1 Å². The van der Waals surface area contributed by atoms with E-state index in [1.165, 1.54) is 37.3 Å². The number of benzene rings is 3. The number of aliphatic imine (C=N–C) groups is 1. The minimum absolute atomic E-state index is 0.126. The van der Waals surface area contributed by atoms with Crippen LogP contribution in [0.3, 0.4) is 0 Å². The summed E-state index contributed by atoms with van der Waals surface area (Å²) in [6, 6.07) is 13.5. The first-order valence-corrected chi connectivity index (χ1v) is 10.0. The van der Waals surface area contributed by atoms with Gasteiger partial charge >= 0.3 is 0 Å². The van der Waals surface area contributed by atoms with Gasteiger partial charge in [0, 0.05) is 30.6 Å². The number of rotatable bonds is 6. The van der Waals surface area contributed by atoms with Crippen molar-refractivity contribution in [3.05, 3.63) is 83.8 Å². The van der Waals surface area contributed by atoms with E-state index in [2.05, 4.69) is 4.99 Å². The van der Waals surface area contributed by atoms with Crippen molar-refractivity contribution >= 4 is 17.3 Å². The lowest BCUT2D eigenvalue weighted by Gasteiger charge is -2.24. The minimum atomic E-state index is -0.854. The second-order valence-electron chi connectivity index (χ2n) is 7.24. The van der Waals surface area contributed by atoms with Crippen molar-refractivity contribution in [2.24, 2.45) is 4.99 Å². The molecule has 0 aromatic heterocycles. The lowest BCUT2D eigenvalue weighted by Crippen LogP contribution is -2.19. The molecule has 1 aliphatic rings. The van der Waals surface area contributed by atoms with E-state index >= 15 is 4.39 Å². The Morgan fingerprint density at radius 1 is 0.969 bits per heavy atom. The highest BCUT2D eigenvalue weighted by Crippen LogP contribution is 2.38. The molecule has 0 saturated carbocycles. The highest BCUT2D eigenvalue weighted by Gasteiger charge is 2.23. The van der Waals surface area contributed by atoms with Crippen LogP contribution < -0.4 is 14.4 Å². The van der Waals surface area contributed by atoms with Gasteiger partial charge in [-0.1, -0.05) is 19.1 Å². The average molecular weight is 438 g/mol. The van der Waals surface area contributed by atoms with E-state index in [1.54, 1.807) is 36.5 Å². The largest absolute Gasteiger partial charge is 0.497 e. The zero-order valence-corrected chi connectivity index (χ0v) is 17.8. The lowest BCUT2D eigenvalue weighted by molar-refractivity contribution is 0.415. The maximum Gasteiger partial charge on any atom is 0.224 e. The van der Waals surface area contributed by atoms with Gasteiger partial charge in [0.25, 0.3) is 0 Å². The number of nitrogens with zero attached hydrogens (tertiary/aromatic N) is 2.